The van der Waals surface area contributed by atoms with Crippen LogP contribution in [0.15, 0.2) is 54.6 Å². The number of aromatic hydroxyl groups is 1. The van der Waals surface area contributed by atoms with Crippen LogP contribution in [0.25, 0.3) is 0 Å². The fourth-order valence-corrected chi connectivity index (χ4v) is 3.93. The Kier molecular flexibility index (Phi) is 7.39. The normalized spacial score (nSPS) is 12.4. The number of benzene rings is 3. The summed E-state index contributed by atoms with van der Waals surface area (Å²) in [7, 11) is 0. The van der Waals surface area contributed by atoms with Crippen molar-refractivity contribution in [3.05, 3.63) is 92.7 Å². The molecule has 0 fully saturated rings. The van der Waals surface area contributed by atoms with Crippen molar-refractivity contribution in [2.75, 3.05) is 6.61 Å². The van der Waals surface area contributed by atoms with E-state index in [1.807, 2.05) is 0 Å². The van der Waals surface area contributed by atoms with Gasteiger partial charge in [-0.25, -0.2) is 9.18 Å². The van der Waals surface area contributed by atoms with Gasteiger partial charge in [-0.2, -0.15) is 13.2 Å². The van der Waals surface area contributed by atoms with E-state index in [1.165, 1.54) is 24.3 Å². The van der Waals surface area contributed by atoms with Gasteiger partial charge in [0, 0.05) is 22.0 Å². The molecule has 0 heterocycles. The van der Waals surface area contributed by atoms with Crippen LogP contribution in [-0.4, -0.2) is 29.0 Å². The van der Waals surface area contributed by atoms with Crippen LogP contribution in [0, 0.1) is 5.82 Å². The van der Waals surface area contributed by atoms with Crippen molar-refractivity contribution in [1.29, 1.82) is 0 Å². The molecule has 3 rings (SSSR count). The van der Waals surface area contributed by atoms with Crippen LogP contribution in [0.2, 0.25) is 10.0 Å². The zero-order valence-electron chi connectivity index (χ0n) is 16.7. The summed E-state index contributed by atoms with van der Waals surface area (Å²) >= 11 is 12.5. The summed E-state index contributed by atoms with van der Waals surface area (Å²) in [5.41, 5.74) is 0.123. The summed E-state index contributed by atoms with van der Waals surface area (Å²) in [6.45, 7) is -0.602. The van der Waals surface area contributed by atoms with E-state index in [4.69, 9.17) is 33.0 Å². The third-order valence-electron chi connectivity index (χ3n) is 4.79. The average Bonchev–Trinajstić information content (AvgIpc) is 2.72. The molecule has 33 heavy (non-hydrogen) atoms. The first-order valence-corrected chi connectivity index (χ1v) is 10.2. The van der Waals surface area contributed by atoms with Crippen LogP contribution >= 0.6 is 23.2 Å². The van der Waals surface area contributed by atoms with Crippen molar-refractivity contribution in [3.63, 3.8) is 0 Å². The molecule has 1 atom stereocenters. The maximum Gasteiger partial charge on any atom is 0.399 e. The highest BCUT2D eigenvalue weighted by Crippen LogP contribution is 2.44. The highest BCUT2D eigenvalue weighted by atomic mass is 35.5. The molecule has 0 bridgehead atoms. The number of hydrogen-bond acceptors (Lipinski definition) is 3. The second-order valence-electron chi connectivity index (χ2n) is 7.14. The topological polar surface area (TPSA) is 66.8 Å². The summed E-state index contributed by atoms with van der Waals surface area (Å²) < 4.78 is 60.1. The lowest BCUT2D eigenvalue weighted by Crippen LogP contribution is -2.22. The van der Waals surface area contributed by atoms with Crippen LogP contribution in [0.1, 0.15) is 28.2 Å². The molecule has 4 nitrogen and oxygen atoms in total. The van der Waals surface area contributed by atoms with Crippen molar-refractivity contribution in [2.24, 2.45) is 0 Å². The van der Waals surface area contributed by atoms with E-state index in [-0.39, 0.29) is 27.8 Å². The van der Waals surface area contributed by atoms with Crippen molar-refractivity contribution >= 4 is 29.2 Å². The van der Waals surface area contributed by atoms with E-state index in [0.717, 1.165) is 30.3 Å². The van der Waals surface area contributed by atoms with E-state index in [0.29, 0.717) is 11.1 Å². The Labute approximate surface area is 196 Å². The van der Waals surface area contributed by atoms with Gasteiger partial charge in [0.15, 0.2) is 6.61 Å². The second kappa shape index (κ2) is 9.89. The van der Waals surface area contributed by atoms with Crippen molar-refractivity contribution in [1.82, 2.24) is 0 Å². The minimum atomic E-state index is -4.76. The Balaban J connectivity index is 1.97. The molecule has 3 aromatic rings. The standard InChI is InChI=1S/C23H16Cl2F4O4/c24-18-9-15(33-11-21(31)32)10-19(25)16(18)7-12-1-6-20(30)17(8-12)22(23(27,28)29)13-2-4-14(26)5-3-13/h1-6,8-10,22,30H,7,11H2,(H,31,32). The number of carboxylic acids is 1. The minimum Gasteiger partial charge on any atom is -0.508 e. The Bertz CT molecular complexity index is 1140. The van der Waals surface area contributed by atoms with Crippen LogP contribution in [0.5, 0.6) is 11.5 Å². The first-order valence-electron chi connectivity index (χ1n) is 9.42. The summed E-state index contributed by atoms with van der Waals surface area (Å²) in [5.74, 6) is -4.51. The predicted octanol–water partition coefficient (Wildman–Crippen LogP) is 6.59. The van der Waals surface area contributed by atoms with Crippen LogP contribution in [-0.2, 0) is 11.2 Å². The molecule has 3 aromatic carbocycles. The fourth-order valence-electron chi connectivity index (χ4n) is 3.33. The van der Waals surface area contributed by atoms with E-state index in [9.17, 15) is 27.5 Å². The number of carbonyl (C=O) groups is 1. The number of phenolic OH excluding ortho intramolecular Hbond substituents is 1. The summed E-state index contributed by atoms with van der Waals surface area (Å²) in [4.78, 5) is 10.6. The molecule has 0 spiro atoms. The molecular formula is C23H16Cl2F4O4. The number of halogens is 6. The maximum atomic E-state index is 13.9. The third kappa shape index (κ3) is 6.09. The number of ether oxygens (including phenoxy) is 1. The van der Waals surface area contributed by atoms with Gasteiger partial charge in [0.05, 0.1) is 0 Å². The molecule has 0 aliphatic rings. The van der Waals surface area contributed by atoms with E-state index in [1.54, 1.807) is 0 Å². The van der Waals surface area contributed by atoms with Crippen molar-refractivity contribution in [2.45, 2.75) is 18.5 Å². The van der Waals surface area contributed by atoms with Gasteiger partial charge in [0.25, 0.3) is 0 Å². The van der Waals surface area contributed by atoms with Crippen molar-refractivity contribution < 1.29 is 37.3 Å². The molecule has 0 aliphatic heterocycles. The molecule has 0 saturated heterocycles. The lowest BCUT2D eigenvalue weighted by molar-refractivity contribution is -0.141. The molecule has 0 aliphatic carbocycles. The Hall–Kier alpha value is -2.97. The van der Waals surface area contributed by atoms with Gasteiger partial charge in [-0.15, -0.1) is 0 Å². The van der Waals surface area contributed by atoms with E-state index >= 15 is 0 Å². The first-order chi connectivity index (χ1) is 15.5. The monoisotopic (exact) mass is 502 g/mol. The van der Waals surface area contributed by atoms with Gasteiger partial charge in [0.2, 0.25) is 0 Å². The Morgan fingerprint density at radius 3 is 2.15 bits per heavy atom. The molecule has 174 valence electrons. The number of aliphatic carboxylic acids is 1. The molecular weight excluding hydrogens is 487 g/mol. The van der Waals surface area contributed by atoms with E-state index < -0.39 is 41.8 Å². The zero-order valence-corrected chi connectivity index (χ0v) is 18.2. The average molecular weight is 503 g/mol. The van der Waals surface area contributed by atoms with Gasteiger partial charge < -0.3 is 14.9 Å². The number of hydrogen-bond donors (Lipinski definition) is 2. The quantitative estimate of drug-likeness (QED) is 0.358. The summed E-state index contributed by atoms with van der Waals surface area (Å²) in [6.07, 6.45) is -4.73. The van der Waals surface area contributed by atoms with Gasteiger partial charge in [-0.05, 0) is 47.0 Å². The summed E-state index contributed by atoms with van der Waals surface area (Å²) in [6, 6.07) is 10.3. The number of carboxylic acid groups (broad SMARTS) is 1. The molecule has 2 N–H and O–H groups in total. The lowest BCUT2D eigenvalue weighted by atomic mass is 9.88. The molecule has 0 radical (unpaired) electrons. The molecule has 0 saturated carbocycles. The lowest BCUT2D eigenvalue weighted by Gasteiger charge is -2.23. The molecule has 0 amide bonds. The highest BCUT2D eigenvalue weighted by molar-refractivity contribution is 6.36. The zero-order chi connectivity index (χ0) is 24.3. The smallest absolute Gasteiger partial charge is 0.399 e. The summed E-state index contributed by atoms with van der Waals surface area (Å²) in [5, 5.41) is 19.2. The van der Waals surface area contributed by atoms with Gasteiger partial charge in [-0.3, -0.25) is 0 Å². The number of alkyl halides is 3. The SMILES string of the molecule is O=C(O)COc1cc(Cl)c(Cc2ccc(O)c(C(c3ccc(F)cc3)C(F)(F)F)c2)c(Cl)c1. The largest absolute Gasteiger partial charge is 0.508 e. The molecule has 10 heteroatoms. The molecule has 1 unspecified atom stereocenters. The number of phenols is 1. The molecule has 0 aromatic heterocycles. The first kappa shape index (κ1) is 24.7. The second-order valence-corrected chi connectivity index (χ2v) is 7.96. The van der Waals surface area contributed by atoms with Crippen LogP contribution in [0.4, 0.5) is 17.6 Å². The van der Waals surface area contributed by atoms with Gasteiger partial charge in [0.1, 0.15) is 23.2 Å². The van der Waals surface area contributed by atoms with Gasteiger partial charge >= 0.3 is 12.1 Å². The minimum absolute atomic E-state index is 0.0259. The fraction of sp³-hybridized carbons (Fsp3) is 0.174. The van der Waals surface area contributed by atoms with Crippen LogP contribution in [0.3, 0.4) is 0 Å². The maximum absolute atomic E-state index is 13.9. The van der Waals surface area contributed by atoms with Crippen molar-refractivity contribution in [3.8, 4) is 11.5 Å². The highest BCUT2D eigenvalue weighted by Gasteiger charge is 2.43. The van der Waals surface area contributed by atoms with Gasteiger partial charge in [-0.1, -0.05) is 47.5 Å². The number of rotatable bonds is 7. The van der Waals surface area contributed by atoms with E-state index in [2.05, 4.69) is 0 Å². The third-order valence-corrected chi connectivity index (χ3v) is 5.47. The Morgan fingerprint density at radius 2 is 1.61 bits per heavy atom. The predicted molar refractivity (Wildman–Crippen MR) is 115 cm³/mol. The Morgan fingerprint density at radius 1 is 1.00 bits per heavy atom. The van der Waals surface area contributed by atoms with Crippen LogP contribution < -0.4 is 4.74 Å².